The van der Waals surface area contributed by atoms with Crippen LogP contribution in [0.15, 0.2) is 48.5 Å². The normalized spacial score (nSPS) is 19.9. The minimum Gasteiger partial charge on any atom is -0.394 e. The number of carbonyl (C=O) groups is 2. The molecule has 128 valence electrons. The Labute approximate surface area is 146 Å². The molecule has 5 heteroatoms. The molecule has 0 spiro atoms. The molecule has 25 heavy (non-hydrogen) atoms. The molecule has 0 saturated heterocycles. The number of nitrogens with zero attached hydrogens (tertiary/aromatic N) is 2. The van der Waals surface area contributed by atoms with Gasteiger partial charge in [0.15, 0.2) is 0 Å². The first kappa shape index (κ1) is 16.0. The number of carbonyl (C=O) groups excluding carboxylic acids is 2. The van der Waals surface area contributed by atoms with Crippen molar-refractivity contribution in [3.05, 3.63) is 70.8 Å². The molecule has 0 fully saturated rings. The second-order valence-electron chi connectivity index (χ2n) is 6.49. The molecule has 0 bridgehead atoms. The molecule has 0 aliphatic carbocycles. The lowest BCUT2D eigenvalue weighted by atomic mass is 9.93. The van der Waals surface area contributed by atoms with Gasteiger partial charge in [0.2, 0.25) is 0 Å². The third kappa shape index (κ3) is 2.65. The number of fused-ring (bicyclic) bond motifs is 2. The Morgan fingerprint density at radius 1 is 0.920 bits per heavy atom. The van der Waals surface area contributed by atoms with Crippen LogP contribution in [0.5, 0.6) is 0 Å². The van der Waals surface area contributed by atoms with Crippen LogP contribution in [0.3, 0.4) is 0 Å². The number of benzene rings is 2. The molecule has 0 saturated carbocycles. The molecule has 0 radical (unpaired) electrons. The van der Waals surface area contributed by atoms with E-state index in [4.69, 9.17) is 0 Å². The van der Waals surface area contributed by atoms with Crippen LogP contribution in [0.1, 0.15) is 37.9 Å². The van der Waals surface area contributed by atoms with E-state index in [1.165, 1.54) is 10.5 Å². The smallest absolute Gasteiger partial charge is 0.261 e. The van der Waals surface area contributed by atoms with Crippen LogP contribution in [0, 0.1) is 0 Å². The van der Waals surface area contributed by atoms with Crippen molar-refractivity contribution in [2.45, 2.75) is 12.5 Å². The lowest BCUT2D eigenvalue weighted by Gasteiger charge is -2.37. The van der Waals surface area contributed by atoms with Gasteiger partial charge in [0.1, 0.15) is 0 Å². The molecule has 2 aliphatic rings. The Morgan fingerprint density at radius 2 is 1.56 bits per heavy atom. The lowest BCUT2D eigenvalue weighted by Crippen LogP contribution is -2.43. The third-order valence-corrected chi connectivity index (χ3v) is 5.19. The summed E-state index contributed by atoms with van der Waals surface area (Å²) >= 11 is 0. The fourth-order valence-electron chi connectivity index (χ4n) is 3.86. The molecule has 2 aromatic rings. The summed E-state index contributed by atoms with van der Waals surface area (Å²) in [5, 5.41) is 9.86. The average molecular weight is 336 g/mol. The van der Waals surface area contributed by atoms with E-state index in [-0.39, 0.29) is 24.5 Å². The molecular formula is C20H20N2O3. The Balaban J connectivity index is 1.49. The zero-order valence-corrected chi connectivity index (χ0v) is 13.9. The van der Waals surface area contributed by atoms with Gasteiger partial charge in [-0.2, -0.15) is 0 Å². The fourth-order valence-corrected chi connectivity index (χ4v) is 3.86. The van der Waals surface area contributed by atoms with Crippen molar-refractivity contribution in [3.8, 4) is 0 Å². The Hall–Kier alpha value is -2.50. The molecule has 2 aliphatic heterocycles. The van der Waals surface area contributed by atoms with Crippen LogP contribution in [-0.4, -0.2) is 53.0 Å². The van der Waals surface area contributed by atoms with Crippen molar-refractivity contribution in [2.24, 2.45) is 0 Å². The van der Waals surface area contributed by atoms with Gasteiger partial charge in [0, 0.05) is 19.6 Å². The molecule has 1 N–H and O–H groups in total. The van der Waals surface area contributed by atoms with Gasteiger partial charge in [0.25, 0.3) is 11.8 Å². The lowest BCUT2D eigenvalue weighted by molar-refractivity contribution is 0.0595. The minimum atomic E-state index is -0.224. The van der Waals surface area contributed by atoms with Crippen molar-refractivity contribution in [3.63, 3.8) is 0 Å². The van der Waals surface area contributed by atoms with E-state index in [9.17, 15) is 14.7 Å². The largest absolute Gasteiger partial charge is 0.394 e. The van der Waals surface area contributed by atoms with Crippen molar-refractivity contribution in [1.82, 2.24) is 9.80 Å². The monoisotopic (exact) mass is 336 g/mol. The van der Waals surface area contributed by atoms with Gasteiger partial charge < -0.3 is 5.11 Å². The van der Waals surface area contributed by atoms with E-state index in [1.807, 2.05) is 18.2 Å². The van der Waals surface area contributed by atoms with E-state index >= 15 is 0 Å². The number of imide groups is 1. The van der Waals surface area contributed by atoms with Crippen LogP contribution in [0.4, 0.5) is 0 Å². The molecule has 1 unspecified atom stereocenters. The Bertz CT molecular complexity index is 798. The van der Waals surface area contributed by atoms with Gasteiger partial charge in [-0.3, -0.25) is 19.4 Å². The van der Waals surface area contributed by atoms with Gasteiger partial charge in [-0.1, -0.05) is 36.4 Å². The standard InChI is InChI=1S/C20H20N2O3/c23-13-18-15-6-2-1-5-14(15)9-10-21(18)11-12-22-19(24)16-7-3-4-8-17(16)20(22)25/h1-8,18,23H,9-13H2. The predicted molar refractivity (Wildman–Crippen MR) is 93.4 cm³/mol. The topological polar surface area (TPSA) is 60.9 Å². The quantitative estimate of drug-likeness (QED) is 0.866. The maximum atomic E-state index is 12.5. The van der Waals surface area contributed by atoms with Gasteiger partial charge in [-0.05, 0) is 29.7 Å². The number of hydrogen-bond donors (Lipinski definition) is 1. The van der Waals surface area contributed by atoms with Crippen LogP contribution in [0.25, 0.3) is 0 Å². The molecular weight excluding hydrogens is 316 g/mol. The molecule has 4 rings (SSSR count). The molecule has 2 aromatic carbocycles. The van der Waals surface area contributed by atoms with Crippen molar-refractivity contribution in [2.75, 3.05) is 26.2 Å². The van der Waals surface area contributed by atoms with Crippen LogP contribution in [0.2, 0.25) is 0 Å². The van der Waals surface area contributed by atoms with E-state index in [1.54, 1.807) is 24.3 Å². The van der Waals surface area contributed by atoms with E-state index in [0.29, 0.717) is 24.2 Å². The first-order valence-electron chi connectivity index (χ1n) is 8.58. The van der Waals surface area contributed by atoms with Gasteiger partial charge >= 0.3 is 0 Å². The van der Waals surface area contributed by atoms with Gasteiger partial charge in [-0.25, -0.2) is 0 Å². The molecule has 0 aromatic heterocycles. The number of aliphatic hydroxyl groups is 1. The minimum absolute atomic E-state index is 0.0269. The van der Waals surface area contributed by atoms with E-state index in [0.717, 1.165) is 18.5 Å². The van der Waals surface area contributed by atoms with Crippen LogP contribution in [-0.2, 0) is 6.42 Å². The summed E-state index contributed by atoms with van der Waals surface area (Å²) in [6.07, 6.45) is 0.911. The summed E-state index contributed by atoms with van der Waals surface area (Å²) in [7, 11) is 0. The average Bonchev–Trinajstić information content (AvgIpc) is 2.90. The third-order valence-electron chi connectivity index (χ3n) is 5.19. The number of aliphatic hydroxyl groups excluding tert-OH is 1. The van der Waals surface area contributed by atoms with Crippen molar-refractivity contribution in [1.29, 1.82) is 0 Å². The summed E-state index contributed by atoms with van der Waals surface area (Å²) in [6, 6.07) is 15.0. The zero-order chi connectivity index (χ0) is 17.4. The first-order chi connectivity index (χ1) is 12.2. The maximum Gasteiger partial charge on any atom is 0.261 e. The number of hydrogen-bond acceptors (Lipinski definition) is 4. The highest BCUT2D eigenvalue weighted by Crippen LogP contribution is 2.29. The maximum absolute atomic E-state index is 12.5. The molecule has 2 heterocycles. The Morgan fingerprint density at radius 3 is 2.24 bits per heavy atom. The summed E-state index contributed by atoms with van der Waals surface area (Å²) in [5.41, 5.74) is 3.36. The molecule has 1 atom stereocenters. The van der Waals surface area contributed by atoms with Crippen molar-refractivity contribution >= 4 is 11.8 Å². The van der Waals surface area contributed by atoms with Crippen molar-refractivity contribution < 1.29 is 14.7 Å². The van der Waals surface area contributed by atoms with Crippen LogP contribution >= 0.6 is 0 Å². The van der Waals surface area contributed by atoms with E-state index < -0.39 is 0 Å². The van der Waals surface area contributed by atoms with Crippen LogP contribution < -0.4 is 0 Å². The highest BCUT2D eigenvalue weighted by molar-refractivity contribution is 6.21. The molecule has 2 amide bonds. The number of rotatable bonds is 4. The summed E-state index contributed by atoms with van der Waals surface area (Å²) in [6.45, 7) is 1.74. The highest BCUT2D eigenvalue weighted by Gasteiger charge is 2.36. The highest BCUT2D eigenvalue weighted by atomic mass is 16.3. The Kier molecular flexibility index (Phi) is 4.11. The summed E-state index contributed by atoms with van der Waals surface area (Å²) in [5.74, 6) is -0.447. The SMILES string of the molecule is O=C1c2ccccc2C(=O)N1CCN1CCc2ccccc2C1CO. The summed E-state index contributed by atoms with van der Waals surface area (Å²) in [4.78, 5) is 28.4. The van der Waals surface area contributed by atoms with Gasteiger partial charge in [0.05, 0.1) is 23.8 Å². The fraction of sp³-hybridized carbons (Fsp3) is 0.300. The predicted octanol–water partition coefficient (Wildman–Crippen LogP) is 1.87. The zero-order valence-electron chi connectivity index (χ0n) is 13.9. The second-order valence-corrected chi connectivity index (χ2v) is 6.49. The molecule has 5 nitrogen and oxygen atoms in total. The second kappa shape index (κ2) is 6.43. The first-order valence-corrected chi connectivity index (χ1v) is 8.58. The van der Waals surface area contributed by atoms with E-state index in [2.05, 4.69) is 11.0 Å². The summed E-state index contributed by atoms with van der Waals surface area (Å²) < 4.78 is 0. The number of amides is 2. The van der Waals surface area contributed by atoms with Gasteiger partial charge in [-0.15, -0.1) is 0 Å².